The summed E-state index contributed by atoms with van der Waals surface area (Å²) in [4.78, 5) is 0. The Kier molecular flexibility index (Phi) is 3.57. The molecule has 94 valence electrons. The van der Waals surface area contributed by atoms with Gasteiger partial charge in [-0.1, -0.05) is 6.07 Å². The Hall–Kier alpha value is -2.36. The molecule has 0 unspecified atom stereocenters. The lowest BCUT2D eigenvalue weighted by Gasteiger charge is -2.08. The van der Waals surface area contributed by atoms with Crippen LogP contribution in [0.1, 0.15) is 5.56 Å². The fourth-order valence-corrected chi connectivity index (χ4v) is 1.52. The molecule has 0 aliphatic carbocycles. The van der Waals surface area contributed by atoms with Crippen LogP contribution in [0.15, 0.2) is 42.5 Å². The van der Waals surface area contributed by atoms with Gasteiger partial charge in [-0.2, -0.15) is 0 Å². The Morgan fingerprint density at radius 2 is 1.72 bits per heavy atom. The van der Waals surface area contributed by atoms with Crippen LogP contribution in [-0.2, 0) is 6.61 Å². The molecule has 0 amide bonds. The average molecular weight is 246 g/mol. The third-order valence-electron chi connectivity index (χ3n) is 2.49. The SMILES string of the molecule is COc1cc(COc2ccc(O)cc2)ccc1O. The maximum absolute atomic E-state index is 9.46. The molecular formula is C14H14O4. The quantitative estimate of drug-likeness (QED) is 0.870. The smallest absolute Gasteiger partial charge is 0.160 e. The van der Waals surface area contributed by atoms with Gasteiger partial charge in [-0.3, -0.25) is 0 Å². The highest BCUT2D eigenvalue weighted by molar-refractivity contribution is 5.41. The number of methoxy groups -OCH3 is 1. The van der Waals surface area contributed by atoms with Gasteiger partial charge in [-0.05, 0) is 42.0 Å². The van der Waals surface area contributed by atoms with E-state index in [9.17, 15) is 5.11 Å². The lowest BCUT2D eigenvalue weighted by atomic mass is 10.2. The van der Waals surface area contributed by atoms with E-state index < -0.39 is 0 Å². The Morgan fingerprint density at radius 1 is 1.00 bits per heavy atom. The van der Waals surface area contributed by atoms with Crippen molar-refractivity contribution in [2.24, 2.45) is 0 Å². The zero-order valence-corrected chi connectivity index (χ0v) is 9.96. The summed E-state index contributed by atoms with van der Waals surface area (Å²) in [5, 5.41) is 18.6. The fourth-order valence-electron chi connectivity index (χ4n) is 1.52. The zero-order chi connectivity index (χ0) is 13.0. The van der Waals surface area contributed by atoms with Crippen LogP contribution >= 0.6 is 0 Å². The van der Waals surface area contributed by atoms with E-state index in [1.54, 1.807) is 42.5 Å². The number of hydrogen-bond acceptors (Lipinski definition) is 4. The van der Waals surface area contributed by atoms with Crippen molar-refractivity contribution in [2.45, 2.75) is 6.61 Å². The third-order valence-corrected chi connectivity index (χ3v) is 2.49. The van der Waals surface area contributed by atoms with E-state index in [1.807, 2.05) is 0 Å². The molecular weight excluding hydrogens is 232 g/mol. The summed E-state index contributed by atoms with van der Waals surface area (Å²) in [6.45, 7) is 0.363. The molecule has 0 atom stereocenters. The first kappa shape index (κ1) is 12.1. The lowest BCUT2D eigenvalue weighted by molar-refractivity contribution is 0.303. The number of benzene rings is 2. The van der Waals surface area contributed by atoms with E-state index in [4.69, 9.17) is 14.6 Å². The number of ether oxygens (including phenoxy) is 2. The Bertz CT molecular complexity index is 520. The standard InChI is InChI=1S/C14H14O4/c1-17-14-8-10(2-7-13(14)16)9-18-12-5-3-11(15)4-6-12/h2-8,15-16H,9H2,1H3. The third kappa shape index (κ3) is 2.85. The van der Waals surface area contributed by atoms with Gasteiger partial charge in [-0.15, -0.1) is 0 Å². The number of aromatic hydroxyl groups is 2. The number of phenols is 2. The fraction of sp³-hybridized carbons (Fsp3) is 0.143. The Balaban J connectivity index is 2.04. The highest BCUT2D eigenvalue weighted by Crippen LogP contribution is 2.27. The van der Waals surface area contributed by atoms with Gasteiger partial charge >= 0.3 is 0 Å². The van der Waals surface area contributed by atoms with Gasteiger partial charge in [-0.25, -0.2) is 0 Å². The van der Waals surface area contributed by atoms with E-state index >= 15 is 0 Å². The van der Waals surface area contributed by atoms with E-state index in [1.165, 1.54) is 7.11 Å². The van der Waals surface area contributed by atoms with Gasteiger partial charge in [0.25, 0.3) is 0 Å². The van der Waals surface area contributed by atoms with E-state index in [0.717, 1.165) is 5.56 Å². The van der Waals surface area contributed by atoms with Gasteiger partial charge in [0.1, 0.15) is 18.1 Å². The summed E-state index contributed by atoms with van der Waals surface area (Å²) < 4.78 is 10.6. The molecule has 4 heteroatoms. The first-order valence-electron chi connectivity index (χ1n) is 5.47. The number of hydrogen-bond donors (Lipinski definition) is 2. The van der Waals surface area contributed by atoms with Crippen LogP contribution in [0.3, 0.4) is 0 Å². The van der Waals surface area contributed by atoms with Crippen molar-refractivity contribution in [1.82, 2.24) is 0 Å². The molecule has 0 bridgehead atoms. The molecule has 0 aromatic heterocycles. The van der Waals surface area contributed by atoms with Crippen molar-refractivity contribution in [3.8, 4) is 23.0 Å². The summed E-state index contributed by atoms with van der Waals surface area (Å²) in [6.07, 6.45) is 0. The van der Waals surface area contributed by atoms with Crippen LogP contribution in [0.5, 0.6) is 23.0 Å². The lowest BCUT2D eigenvalue weighted by Crippen LogP contribution is -1.96. The molecule has 0 heterocycles. The summed E-state index contributed by atoms with van der Waals surface area (Å²) >= 11 is 0. The summed E-state index contributed by atoms with van der Waals surface area (Å²) in [5.41, 5.74) is 0.887. The summed E-state index contributed by atoms with van der Waals surface area (Å²) in [5.74, 6) is 1.39. The van der Waals surface area contributed by atoms with Crippen molar-refractivity contribution >= 4 is 0 Å². The first-order chi connectivity index (χ1) is 8.69. The second kappa shape index (κ2) is 5.31. The molecule has 0 aliphatic heterocycles. The molecule has 0 radical (unpaired) electrons. The molecule has 0 spiro atoms. The Morgan fingerprint density at radius 3 is 2.39 bits per heavy atom. The minimum Gasteiger partial charge on any atom is -0.508 e. The molecule has 18 heavy (non-hydrogen) atoms. The zero-order valence-electron chi connectivity index (χ0n) is 9.96. The number of phenolic OH excluding ortho intramolecular Hbond substituents is 2. The van der Waals surface area contributed by atoms with Crippen LogP contribution < -0.4 is 9.47 Å². The molecule has 2 aromatic rings. The van der Waals surface area contributed by atoms with E-state index in [0.29, 0.717) is 18.1 Å². The molecule has 0 saturated carbocycles. The summed E-state index contributed by atoms with van der Waals surface area (Å²) in [7, 11) is 1.50. The van der Waals surface area contributed by atoms with Crippen molar-refractivity contribution in [1.29, 1.82) is 0 Å². The van der Waals surface area contributed by atoms with Gasteiger partial charge in [0.2, 0.25) is 0 Å². The highest BCUT2D eigenvalue weighted by atomic mass is 16.5. The molecule has 4 nitrogen and oxygen atoms in total. The molecule has 2 aromatic carbocycles. The monoisotopic (exact) mass is 246 g/mol. The Labute approximate surface area is 105 Å². The van der Waals surface area contributed by atoms with Gasteiger partial charge in [0, 0.05) is 0 Å². The van der Waals surface area contributed by atoms with Crippen molar-refractivity contribution in [3.05, 3.63) is 48.0 Å². The minimum absolute atomic E-state index is 0.103. The number of rotatable bonds is 4. The van der Waals surface area contributed by atoms with Crippen LogP contribution in [0.2, 0.25) is 0 Å². The molecule has 2 N–H and O–H groups in total. The van der Waals surface area contributed by atoms with Crippen molar-refractivity contribution in [2.75, 3.05) is 7.11 Å². The minimum atomic E-state index is 0.103. The van der Waals surface area contributed by atoms with Crippen molar-refractivity contribution in [3.63, 3.8) is 0 Å². The maximum Gasteiger partial charge on any atom is 0.160 e. The largest absolute Gasteiger partial charge is 0.508 e. The van der Waals surface area contributed by atoms with Crippen LogP contribution in [-0.4, -0.2) is 17.3 Å². The molecule has 0 aliphatic rings. The highest BCUT2D eigenvalue weighted by Gasteiger charge is 2.03. The molecule has 0 fully saturated rings. The van der Waals surface area contributed by atoms with Gasteiger partial charge in [0.05, 0.1) is 7.11 Å². The van der Waals surface area contributed by atoms with Crippen molar-refractivity contribution < 1.29 is 19.7 Å². The second-order valence-electron chi connectivity index (χ2n) is 3.79. The van der Waals surface area contributed by atoms with Crippen LogP contribution in [0.4, 0.5) is 0 Å². The summed E-state index contributed by atoms with van der Waals surface area (Å²) in [6, 6.07) is 11.5. The molecule has 0 saturated heterocycles. The van der Waals surface area contributed by atoms with E-state index in [2.05, 4.69) is 0 Å². The average Bonchev–Trinajstić information content (AvgIpc) is 2.39. The predicted molar refractivity (Wildman–Crippen MR) is 67.1 cm³/mol. The predicted octanol–water partition coefficient (Wildman–Crippen LogP) is 2.69. The molecule has 2 rings (SSSR count). The van der Waals surface area contributed by atoms with Crippen LogP contribution in [0, 0.1) is 0 Å². The van der Waals surface area contributed by atoms with E-state index in [-0.39, 0.29) is 11.5 Å². The second-order valence-corrected chi connectivity index (χ2v) is 3.79. The van der Waals surface area contributed by atoms with Gasteiger partial charge in [0.15, 0.2) is 11.5 Å². The first-order valence-corrected chi connectivity index (χ1v) is 5.47. The maximum atomic E-state index is 9.46. The topological polar surface area (TPSA) is 58.9 Å². The van der Waals surface area contributed by atoms with Crippen LogP contribution in [0.25, 0.3) is 0 Å². The normalized spacial score (nSPS) is 10.1. The van der Waals surface area contributed by atoms with Gasteiger partial charge < -0.3 is 19.7 Å².